The van der Waals surface area contributed by atoms with Crippen molar-refractivity contribution >= 4 is 17.8 Å². The van der Waals surface area contributed by atoms with Crippen molar-refractivity contribution in [3.05, 3.63) is 18.0 Å². The molecule has 0 aliphatic heterocycles. The van der Waals surface area contributed by atoms with Gasteiger partial charge in [0.1, 0.15) is 0 Å². The topological polar surface area (TPSA) is 42.9 Å². The Balaban J connectivity index is 0. The van der Waals surface area contributed by atoms with Crippen molar-refractivity contribution in [3.63, 3.8) is 0 Å². The number of nitrogens with zero attached hydrogens (tertiary/aromatic N) is 2. The molecule has 0 aliphatic carbocycles. The summed E-state index contributed by atoms with van der Waals surface area (Å²) < 4.78 is 3.52. The Morgan fingerprint density at radius 2 is 2.20 bits per heavy atom. The fourth-order valence-electron chi connectivity index (χ4n) is 0.326. The first kappa shape index (κ1) is 13.0. The van der Waals surface area contributed by atoms with E-state index >= 15 is 0 Å². The molecule has 0 bridgehead atoms. The van der Waals surface area contributed by atoms with E-state index < -0.39 is 0 Å². The summed E-state index contributed by atoms with van der Waals surface area (Å²) in [4.78, 5) is 10.4. The zero-order valence-electron chi connectivity index (χ0n) is 5.79. The predicted molar refractivity (Wildman–Crippen MR) is 35.9 cm³/mol. The molecule has 10 heavy (non-hydrogen) atoms. The van der Waals surface area contributed by atoms with E-state index in [1.807, 2.05) is 0 Å². The Labute approximate surface area is 89.3 Å². The van der Waals surface area contributed by atoms with Crippen LogP contribution in [0.25, 0.3) is 0 Å². The third kappa shape index (κ3) is 2.95. The van der Waals surface area contributed by atoms with Gasteiger partial charge < -0.3 is 12.2 Å². The van der Waals surface area contributed by atoms with Gasteiger partial charge in [0, 0.05) is 39.0 Å². The summed E-state index contributed by atoms with van der Waals surface area (Å²) in [7, 11) is 0. The monoisotopic (exact) mass is 231 g/mol. The minimum atomic E-state index is 0. The summed E-state index contributed by atoms with van der Waals surface area (Å²) in [6, 6.07) is 0. The van der Waals surface area contributed by atoms with Crippen molar-refractivity contribution in [3.8, 4) is 0 Å². The molecule has 0 aromatic carbocycles. The third-order valence-electron chi connectivity index (χ3n) is 0.744. The minimum Gasteiger partial charge on any atom is -0.417 e. The molecule has 0 fully saturated rings. The zero-order valence-corrected chi connectivity index (χ0v) is 9.44. The van der Waals surface area contributed by atoms with Gasteiger partial charge in [-0.3, -0.25) is 0 Å². The number of rotatable bonds is 1. The van der Waals surface area contributed by atoms with Crippen LogP contribution in [0, 0.1) is 14.4 Å². The summed E-state index contributed by atoms with van der Waals surface area (Å²) in [5.74, 6) is 0. The van der Waals surface area contributed by atoms with Crippen molar-refractivity contribution in [2.45, 2.75) is 6.92 Å². The van der Waals surface area contributed by atoms with Gasteiger partial charge in [0.05, 0.1) is 0 Å². The molecule has 1 radical (unpaired) electrons. The van der Waals surface area contributed by atoms with E-state index in [0.717, 1.165) is 11.5 Å². The first-order valence-electron chi connectivity index (χ1n) is 2.01. The molecule has 0 saturated heterocycles. The molecule has 53 valence electrons. The molecule has 1 heterocycles. The molecule has 3 nitrogen and oxygen atoms in total. The number of hydrogen-bond acceptors (Lipinski definition) is 4. The van der Waals surface area contributed by atoms with E-state index in [0.29, 0.717) is 10.6 Å². The van der Waals surface area contributed by atoms with E-state index in [2.05, 4.69) is 9.59 Å². The molecule has 1 aromatic rings. The van der Waals surface area contributed by atoms with Crippen LogP contribution in [0.2, 0.25) is 0 Å². The fraction of sp³-hybridized carbons (Fsp3) is 0.200. The normalized spacial score (nSPS) is 7.30. The van der Waals surface area contributed by atoms with Gasteiger partial charge in [0.2, 0.25) is 0 Å². The molecule has 1 rings (SSSR count). The Hall–Kier alpha value is 0.334. The average Bonchev–Trinajstić information content (AvgIpc) is 2.14. The van der Waals surface area contributed by atoms with Crippen molar-refractivity contribution in [1.29, 1.82) is 0 Å². The minimum absolute atomic E-state index is 0. The first-order chi connectivity index (χ1) is 3.84. The van der Waals surface area contributed by atoms with E-state index in [4.69, 9.17) is 0 Å². The maximum atomic E-state index is 9.89. The van der Waals surface area contributed by atoms with Gasteiger partial charge in [0.15, 0.2) is 0 Å². The Morgan fingerprint density at radius 3 is 2.40 bits per heavy atom. The summed E-state index contributed by atoms with van der Waals surface area (Å²) in [5.41, 5.74) is 0.657. The Morgan fingerprint density at radius 1 is 1.60 bits per heavy atom. The van der Waals surface area contributed by atoms with Gasteiger partial charge in [-0.15, -0.1) is 4.49 Å². The second kappa shape index (κ2) is 6.07. The standard InChI is InChI=1S/C4H3N2OS.CH3.Y/c1-3-4(2-7)8-6-5-3;;/h1H3;1H3;/q2*-1;. The van der Waals surface area contributed by atoms with Crippen LogP contribution < -0.4 is 0 Å². The Kier molecular flexibility index (Phi) is 7.87. The molecule has 0 N–H and O–H groups in total. The number of aromatic nitrogens is 2. The van der Waals surface area contributed by atoms with Crippen LogP contribution >= 0.6 is 11.5 Å². The number of hydrogen-bond donors (Lipinski definition) is 0. The third-order valence-corrected chi connectivity index (χ3v) is 1.47. The van der Waals surface area contributed by atoms with Crippen LogP contribution in [-0.2, 0) is 37.5 Å². The summed E-state index contributed by atoms with van der Waals surface area (Å²) >= 11 is 1.06. The molecule has 0 spiro atoms. The van der Waals surface area contributed by atoms with Crippen LogP contribution in [-0.4, -0.2) is 15.9 Å². The van der Waals surface area contributed by atoms with E-state index in [1.54, 1.807) is 13.2 Å². The second-order valence-electron chi connectivity index (χ2n) is 1.29. The van der Waals surface area contributed by atoms with Crippen LogP contribution in [0.1, 0.15) is 10.6 Å². The zero-order chi connectivity index (χ0) is 5.98. The van der Waals surface area contributed by atoms with Gasteiger partial charge >= 0.3 is 0 Å². The molecular formula is C5H6N2OSY-2. The molecule has 0 amide bonds. The van der Waals surface area contributed by atoms with Gasteiger partial charge in [-0.05, 0) is 0 Å². The smallest absolute Gasteiger partial charge is 0.00708 e. The number of aryl methyl sites for hydroxylation is 1. The Bertz CT molecular complexity index is 201. The molecule has 5 heteroatoms. The van der Waals surface area contributed by atoms with Crippen molar-refractivity contribution in [2.75, 3.05) is 0 Å². The van der Waals surface area contributed by atoms with E-state index in [-0.39, 0.29) is 40.1 Å². The largest absolute Gasteiger partial charge is 0.417 e. The van der Waals surface area contributed by atoms with Crippen LogP contribution in [0.5, 0.6) is 0 Å². The molecular weight excluding hydrogens is 225 g/mol. The first-order valence-corrected chi connectivity index (χ1v) is 2.79. The van der Waals surface area contributed by atoms with Gasteiger partial charge in [0.25, 0.3) is 0 Å². The van der Waals surface area contributed by atoms with Crippen LogP contribution in [0.4, 0.5) is 0 Å². The molecule has 1 aromatic heterocycles. The van der Waals surface area contributed by atoms with E-state index in [9.17, 15) is 4.79 Å². The van der Waals surface area contributed by atoms with Gasteiger partial charge in [-0.2, -0.15) is 0 Å². The predicted octanol–water partition coefficient (Wildman–Crippen LogP) is 0.752. The van der Waals surface area contributed by atoms with E-state index in [1.165, 1.54) is 0 Å². The fourth-order valence-corrected chi connectivity index (χ4v) is 0.782. The molecule has 0 unspecified atom stereocenters. The van der Waals surface area contributed by atoms with Crippen molar-refractivity contribution in [1.82, 2.24) is 9.59 Å². The average molecular weight is 231 g/mol. The summed E-state index contributed by atoms with van der Waals surface area (Å²) in [5, 5.41) is 3.59. The van der Waals surface area contributed by atoms with Crippen molar-refractivity contribution in [2.24, 2.45) is 0 Å². The summed E-state index contributed by atoms with van der Waals surface area (Å²) in [6.45, 7) is 1.73. The van der Waals surface area contributed by atoms with Crippen LogP contribution in [0.3, 0.4) is 0 Å². The van der Waals surface area contributed by atoms with Crippen LogP contribution in [0.15, 0.2) is 0 Å². The second-order valence-corrected chi connectivity index (χ2v) is 2.04. The van der Waals surface area contributed by atoms with Crippen molar-refractivity contribution < 1.29 is 37.5 Å². The SMILES string of the molecule is Cc1nnsc1[C-]=O.[CH3-].[Y]. The van der Waals surface area contributed by atoms with Gasteiger partial charge in [-0.25, -0.2) is 5.10 Å². The molecule has 0 atom stereocenters. The number of carbonyl (C=O) groups excluding carboxylic acids is 1. The van der Waals surface area contributed by atoms with Gasteiger partial charge in [-0.1, -0.05) is 29.0 Å². The summed E-state index contributed by atoms with van der Waals surface area (Å²) in [6.07, 6.45) is 1.72. The molecule has 0 saturated carbocycles. The quantitative estimate of drug-likeness (QED) is 0.670. The maximum Gasteiger partial charge on any atom is 0.00708 e. The molecule has 0 aliphatic rings. The maximum absolute atomic E-state index is 9.89.